The second kappa shape index (κ2) is 7.48. The van der Waals surface area contributed by atoms with E-state index in [0.29, 0.717) is 12.1 Å². The van der Waals surface area contributed by atoms with Crippen molar-refractivity contribution >= 4 is 11.6 Å². The van der Waals surface area contributed by atoms with Crippen molar-refractivity contribution in [2.45, 2.75) is 32.2 Å². The van der Waals surface area contributed by atoms with Crippen LogP contribution in [0.1, 0.15) is 36.9 Å². The summed E-state index contributed by atoms with van der Waals surface area (Å²) in [6.07, 6.45) is 2.32. The van der Waals surface area contributed by atoms with E-state index in [1.165, 1.54) is 0 Å². The predicted molar refractivity (Wildman–Crippen MR) is 86.8 cm³/mol. The number of amides is 1. The Morgan fingerprint density at radius 3 is 2.57 bits per heavy atom. The molecule has 2 aromatic rings. The molecular formula is C18H22N2O. The lowest BCUT2D eigenvalue weighted by Crippen LogP contribution is -2.29. The Morgan fingerprint density at radius 1 is 1.14 bits per heavy atom. The Morgan fingerprint density at radius 2 is 1.90 bits per heavy atom. The molecule has 2 rings (SSSR count). The zero-order valence-corrected chi connectivity index (χ0v) is 12.4. The standard InChI is InChI=1S/C18H22N2O/c1-2-7-17(15-9-4-3-5-10-15)20-18(21)13-14-8-6-11-16(19)12-14/h3-6,8-12,17H,2,7,13,19H2,1H3,(H,20,21). The smallest absolute Gasteiger partial charge is 0.224 e. The number of nitrogen functional groups attached to an aromatic ring is 1. The van der Waals surface area contributed by atoms with E-state index in [-0.39, 0.29) is 11.9 Å². The van der Waals surface area contributed by atoms with Gasteiger partial charge in [-0.15, -0.1) is 0 Å². The van der Waals surface area contributed by atoms with Gasteiger partial charge in [0.15, 0.2) is 0 Å². The first-order valence-electron chi connectivity index (χ1n) is 7.37. The fourth-order valence-corrected chi connectivity index (χ4v) is 2.43. The van der Waals surface area contributed by atoms with Crippen molar-refractivity contribution in [2.75, 3.05) is 5.73 Å². The van der Waals surface area contributed by atoms with Gasteiger partial charge in [0.1, 0.15) is 0 Å². The van der Waals surface area contributed by atoms with E-state index in [9.17, 15) is 4.79 Å². The normalized spacial score (nSPS) is 11.9. The summed E-state index contributed by atoms with van der Waals surface area (Å²) in [7, 11) is 0. The first kappa shape index (κ1) is 15.1. The second-order valence-corrected chi connectivity index (χ2v) is 5.24. The van der Waals surface area contributed by atoms with Crippen LogP contribution in [-0.2, 0) is 11.2 Å². The molecule has 1 unspecified atom stereocenters. The van der Waals surface area contributed by atoms with Crippen LogP contribution in [0.4, 0.5) is 5.69 Å². The fraction of sp³-hybridized carbons (Fsp3) is 0.278. The van der Waals surface area contributed by atoms with E-state index in [1.54, 1.807) is 0 Å². The van der Waals surface area contributed by atoms with Crippen molar-refractivity contribution in [3.8, 4) is 0 Å². The van der Waals surface area contributed by atoms with E-state index in [1.807, 2.05) is 42.5 Å². The van der Waals surface area contributed by atoms with Crippen LogP contribution in [0.3, 0.4) is 0 Å². The van der Waals surface area contributed by atoms with Gasteiger partial charge in [-0.25, -0.2) is 0 Å². The lowest BCUT2D eigenvalue weighted by molar-refractivity contribution is -0.121. The average molecular weight is 282 g/mol. The second-order valence-electron chi connectivity index (χ2n) is 5.24. The zero-order valence-electron chi connectivity index (χ0n) is 12.4. The molecule has 3 N–H and O–H groups in total. The maximum absolute atomic E-state index is 12.2. The average Bonchev–Trinajstić information content (AvgIpc) is 2.47. The fourth-order valence-electron chi connectivity index (χ4n) is 2.43. The topological polar surface area (TPSA) is 55.1 Å². The van der Waals surface area contributed by atoms with Crippen molar-refractivity contribution in [3.05, 3.63) is 65.7 Å². The molecule has 0 bridgehead atoms. The van der Waals surface area contributed by atoms with Crippen molar-refractivity contribution in [2.24, 2.45) is 0 Å². The van der Waals surface area contributed by atoms with E-state index in [4.69, 9.17) is 5.73 Å². The lowest BCUT2D eigenvalue weighted by atomic mass is 10.0. The minimum atomic E-state index is 0.0305. The highest BCUT2D eigenvalue weighted by molar-refractivity contribution is 5.79. The Balaban J connectivity index is 2.02. The van der Waals surface area contributed by atoms with Crippen LogP contribution in [0.15, 0.2) is 54.6 Å². The Labute approximate surface area is 126 Å². The summed E-state index contributed by atoms with van der Waals surface area (Å²) in [5.74, 6) is 0.0305. The summed E-state index contributed by atoms with van der Waals surface area (Å²) < 4.78 is 0. The molecule has 0 spiro atoms. The number of benzene rings is 2. The molecule has 0 saturated heterocycles. The first-order chi connectivity index (χ1) is 10.2. The molecule has 21 heavy (non-hydrogen) atoms. The highest BCUT2D eigenvalue weighted by Crippen LogP contribution is 2.18. The van der Waals surface area contributed by atoms with E-state index in [2.05, 4.69) is 24.4 Å². The summed E-state index contributed by atoms with van der Waals surface area (Å²) in [6.45, 7) is 2.12. The summed E-state index contributed by atoms with van der Waals surface area (Å²) in [4.78, 5) is 12.2. The summed E-state index contributed by atoms with van der Waals surface area (Å²) in [5, 5.41) is 3.12. The quantitative estimate of drug-likeness (QED) is 0.797. The molecule has 0 aliphatic heterocycles. The number of hydrogen-bond donors (Lipinski definition) is 2. The molecule has 3 heteroatoms. The van der Waals surface area contributed by atoms with Gasteiger partial charge < -0.3 is 11.1 Å². The van der Waals surface area contributed by atoms with Gasteiger partial charge in [-0.3, -0.25) is 4.79 Å². The third-order valence-electron chi connectivity index (χ3n) is 3.43. The largest absolute Gasteiger partial charge is 0.399 e. The predicted octanol–water partition coefficient (Wildman–Crippen LogP) is 3.47. The van der Waals surface area contributed by atoms with E-state index < -0.39 is 0 Å². The Hall–Kier alpha value is -2.29. The Bertz CT molecular complexity index is 581. The number of carbonyl (C=O) groups excluding carboxylic acids is 1. The van der Waals surface area contributed by atoms with Crippen molar-refractivity contribution < 1.29 is 4.79 Å². The van der Waals surface area contributed by atoms with Gasteiger partial charge in [0.25, 0.3) is 0 Å². The molecule has 110 valence electrons. The van der Waals surface area contributed by atoms with Crippen molar-refractivity contribution in [1.29, 1.82) is 0 Å². The molecule has 0 aliphatic rings. The van der Waals surface area contributed by atoms with Gasteiger partial charge >= 0.3 is 0 Å². The third-order valence-corrected chi connectivity index (χ3v) is 3.43. The number of hydrogen-bond acceptors (Lipinski definition) is 2. The van der Waals surface area contributed by atoms with Crippen LogP contribution in [0.5, 0.6) is 0 Å². The summed E-state index contributed by atoms with van der Waals surface area (Å²) in [6, 6.07) is 17.6. The van der Waals surface area contributed by atoms with Crippen LogP contribution in [0, 0.1) is 0 Å². The summed E-state index contributed by atoms with van der Waals surface area (Å²) >= 11 is 0. The van der Waals surface area contributed by atoms with E-state index >= 15 is 0 Å². The molecule has 0 radical (unpaired) electrons. The minimum Gasteiger partial charge on any atom is -0.399 e. The third kappa shape index (κ3) is 4.63. The van der Waals surface area contributed by atoms with Gasteiger partial charge in [0.05, 0.1) is 12.5 Å². The van der Waals surface area contributed by atoms with Gasteiger partial charge in [-0.1, -0.05) is 55.8 Å². The molecule has 1 amide bonds. The highest BCUT2D eigenvalue weighted by atomic mass is 16.1. The van der Waals surface area contributed by atoms with E-state index in [0.717, 1.165) is 24.0 Å². The highest BCUT2D eigenvalue weighted by Gasteiger charge is 2.13. The van der Waals surface area contributed by atoms with Gasteiger partial charge in [0.2, 0.25) is 5.91 Å². The van der Waals surface area contributed by atoms with Crippen LogP contribution >= 0.6 is 0 Å². The molecule has 0 saturated carbocycles. The molecular weight excluding hydrogens is 260 g/mol. The van der Waals surface area contributed by atoms with Crippen LogP contribution in [-0.4, -0.2) is 5.91 Å². The number of rotatable bonds is 6. The molecule has 3 nitrogen and oxygen atoms in total. The molecule has 0 fully saturated rings. The van der Waals surface area contributed by atoms with Crippen LogP contribution < -0.4 is 11.1 Å². The van der Waals surface area contributed by atoms with Gasteiger partial charge in [0, 0.05) is 5.69 Å². The maximum atomic E-state index is 12.2. The zero-order chi connectivity index (χ0) is 15.1. The van der Waals surface area contributed by atoms with Crippen LogP contribution in [0.25, 0.3) is 0 Å². The molecule has 0 aliphatic carbocycles. The maximum Gasteiger partial charge on any atom is 0.224 e. The molecule has 0 aromatic heterocycles. The SMILES string of the molecule is CCCC(NC(=O)Cc1cccc(N)c1)c1ccccc1. The van der Waals surface area contributed by atoms with Crippen molar-refractivity contribution in [3.63, 3.8) is 0 Å². The molecule has 0 heterocycles. The number of carbonyl (C=O) groups is 1. The van der Waals surface area contributed by atoms with Gasteiger partial charge in [-0.05, 0) is 29.7 Å². The van der Waals surface area contributed by atoms with Crippen molar-refractivity contribution in [1.82, 2.24) is 5.32 Å². The van der Waals surface area contributed by atoms with Crippen LogP contribution in [0.2, 0.25) is 0 Å². The number of nitrogens with one attached hydrogen (secondary N) is 1. The Kier molecular flexibility index (Phi) is 5.38. The monoisotopic (exact) mass is 282 g/mol. The number of nitrogens with two attached hydrogens (primary N) is 1. The van der Waals surface area contributed by atoms with Gasteiger partial charge in [-0.2, -0.15) is 0 Å². The number of anilines is 1. The molecule has 1 atom stereocenters. The minimum absolute atomic E-state index is 0.0305. The lowest BCUT2D eigenvalue weighted by Gasteiger charge is -2.18. The first-order valence-corrected chi connectivity index (χ1v) is 7.37. The summed E-state index contributed by atoms with van der Waals surface area (Å²) in [5.41, 5.74) is 8.52. The molecule has 2 aromatic carbocycles.